The molecule has 0 unspecified atom stereocenters. The van der Waals surface area contributed by atoms with Crippen molar-refractivity contribution in [3.05, 3.63) is 0 Å². The molecule has 0 atom stereocenters. The van der Waals surface area contributed by atoms with Gasteiger partial charge < -0.3 is 20.1 Å². The molecule has 0 aliphatic carbocycles. The minimum atomic E-state index is 0.330. The van der Waals surface area contributed by atoms with E-state index in [9.17, 15) is 0 Å². The Morgan fingerprint density at radius 3 is 2.00 bits per heavy atom. The third kappa shape index (κ3) is 11.8. The van der Waals surface area contributed by atoms with E-state index in [1.165, 1.54) is 0 Å². The first kappa shape index (κ1) is 13.8. The number of rotatable bonds is 10. The average molecular weight is 204 g/mol. The summed E-state index contributed by atoms with van der Waals surface area (Å²) in [6.45, 7) is 9.45. The second-order valence-electron chi connectivity index (χ2n) is 3.41. The summed E-state index contributed by atoms with van der Waals surface area (Å²) in [5.41, 5.74) is 0. The van der Waals surface area contributed by atoms with Gasteiger partial charge in [0.15, 0.2) is 0 Å². The van der Waals surface area contributed by atoms with Crippen LogP contribution in [0.15, 0.2) is 0 Å². The highest BCUT2D eigenvalue weighted by Crippen LogP contribution is 1.84. The van der Waals surface area contributed by atoms with Crippen LogP contribution in [0, 0.1) is 0 Å². The molecule has 0 spiro atoms. The molecule has 0 saturated carbocycles. The summed E-state index contributed by atoms with van der Waals surface area (Å²) < 4.78 is 10.3. The zero-order valence-corrected chi connectivity index (χ0v) is 9.64. The van der Waals surface area contributed by atoms with Crippen molar-refractivity contribution in [2.45, 2.75) is 20.0 Å². The number of ether oxygens (including phenoxy) is 2. The van der Waals surface area contributed by atoms with Gasteiger partial charge >= 0.3 is 0 Å². The van der Waals surface area contributed by atoms with Gasteiger partial charge in [0.25, 0.3) is 0 Å². The molecular formula is C10H24N2O2. The largest absolute Gasteiger partial charge is 0.383 e. The van der Waals surface area contributed by atoms with E-state index in [2.05, 4.69) is 10.6 Å². The lowest BCUT2D eigenvalue weighted by molar-refractivity contribution is 0.0809. The van der Waals surface area contributed by atoms with Gasteiger partial charge in [-0.05, 0) is 13.8 Å². The third-order valence-electron chi connectivity index (χ3n) is 1.69. The molecule has 14 heavy (non-hydrogen) atoms. The SMILES string of the molecule is COCCNCCNCCOC(C)C. The highest BCUT2D eigenvalue weighted by molar-refractivity contribution is 4.51. The Hall–Kier alpha value is -0.160. The zero-order chi connectivity index (χ0) is 10.6. The van der Waals surface area contributed by atoms with Crippen LogP contribution in [0.2, 0.25) is 0 Å². The molecule has 0 rings (SSSR count). The topological polar surface area (TPSA) is 42.5 Å². The molecule has 0 aromatic carbocycles. The molecule has 86 valence electrons. The molecule has 0 amide bonds. The van der Waals surface area contributed by atoms with Crippen LogP contribution in [0.5, 0.6) is 0 Å². The van der Waals surface area contributed by atoms with Gasteiger partial charge in [-0.3, -0.25) is 0 Å². The summed E-state index contributed by atoms with van der Waals surface area (Å²) in [4.78, 5) is 0. The van der Waals surface area contributed by atoms with Gasteiger partial charge in [-0.15, -0.1) is 0 Å². The van der Waals surface area contributed by atoms with Crippen molar-refractivity contribution in [3.8, 4) is 0 Å². The van der Waals surface area contributed by atoms with E-state index in [4.69, 9.17) is 9.47 Å². The molecule has 2 N–H and O–H groups in total. The fourth-order valence-corrected chi connectivity index (χ4v) is 0.968. The lowest BCUT2D eigenvalue weighted by atomic mass is 10.5. The predicted molar refractivity (Wildman–Crippen MR) is 58.7 cm³/mol. The van der Waals surface area contributed by atoms with Crippen LogP contribution in [-0.4, -0.2) is 52.6 Å². The van der Waals surface area contributed by atoms with Crippen LogP contribution in [0.1, 0.15) is 13.8 Å². The Balaban J connectivity index is 2.85. The van der Waals surface area contributed by atoms with Crippen molar-refractivity contribution in [1.29, 1.82) is 0 Å². The maximum atomic E-state index is 5.38. The highest BCUT2D eigenvalue weighted by atomic mass is 16.5. The Morgan fingerprint density at radius 2 is 1.50 bits per heavy atom. The Bertz CT molecular complexity index is 110. The fourth-order valence-electron chi connectivity index (χ4n) is 0.968. The van der Waals surface area contributed by atoms with Crippen LogP contribution < -0.4 is 10.6 Å². The molecule has 4 heteroatoms. The Kier molecular flexibility index (Phi) is 10.8. The van der Waals surface area contributed by atoms with Gasteiger partial charge in [0, 0.05) is 33.3 Å². The molecule has 0 radical (unpaired) electrons. The standard InChI is InChI=1S/C10H24N2O2/c1-10(2)14-9-7-12-5-4-11-6-8-13-3/h10-12H,4-9H2,1-3H3. The first-order valence-electron chi connectivity index (χ1n) is 5.29. The second-order valence-corrected chi connectivity index (χ2v) is 3.41. The first-order valence-corrected chi connectivity index (χ1v) is 5.29. The minimum absolute atomic E-state index is 0.330. The molecule has 0 fully saturated rings. The summed E-state index contributed by atoms with van der Waals surface area (Å²) in [5.74, 6) is 0. The van der Waals surface area contributed by atoms with Crippen molar-refractivity contribution in [3.63, 3.8) is 0 Å². The van der Waals surface area contributed by atoms with Crippen molar-refractivity contribution in [2.75, 3.05) is 46.5 Å². The molecule has 0 aromatic rings. The van der Waals surface area contributed by atoms with E-state index >= 15 is 0 Å². The zero-order valence-electron chi connectivity index (χ0n) is 9.64. The van der Waals surface area contributed by atoms with Gasteiger partial charge in [-0.25, -0.2) is 0 Å². The molecule has 0 heterocycles. The van der Waals surface area contributed by atoms with E-state index in [-0.39, 0.29) is 0 Å². The van der Waals surface area contributed by atoms with Crippen molar-refractivity contribution in [2.24, 2.45) is 0 Å². The van der Waals surface area contributed by atoms with Gasteiger partial charge in [0.05, 0.1) is 19.3 Å². The molecule has 0 aromatic heterocycles. The molecule has 0 aliphatic heterocycles. The van der Waals surface area contributed by atoms with E-state index < -0.39 is 0 Å². The number of methoxy groups -OCH3 is 1. The fraction of sp³-hybridized carbons (Fsp3) is 1.00. The smallest absolute Gasteiger partial charge is 0.0594 e. The number of hydrogen-bond donors (Lipinski definition) is 2. The maximum Gasteiger partial charge on any atom is 0.0594 e. The minimum Gasteiger partial charge on any atom is -0.383 e. The van der Waals surface area contributed by atoms with Crippen molar-refractivity contribution >= 4 is 0 Å². The van der Waals surface area contributed by atoms with Crippen molar-refractivity contribution in [1.82, 2.24) is 10.6 Å². The Morgan fingerprint density at radius 1 is 0.929 bits per heavy atom. The second kappa shape index (κ2) is 10.9. The van der Waals surface area contributed by atoms with Crippen LogP contribution in [0.3, 0.4) is 0 Å². The molecule has 0 saturated heterocycles. The summed E-state index contributed by atoms with van der Waals surface area (Å²) in [6.07, 6.45) is 0.330. The van der Waals surface area contributed by atoms with Crippen LogP contribution >= 0.6 is 0 Å². The normalized spacial score (nSPS) is 11.1. The summed E-state index contributed by atoms with van der Waals surface area (Å²) in [6, 6.07) is 0. The van der Waals surface area contributed by atoms with Crippen molar-refractivity contribution < 1.29 is 9.47 Å². The quantitative estimate of drug-likeness (QED) is 0.500. The summed E-state index contributed by atoms with van der Waals surface area (Å²) in [7, 11) is 1.71. The van der Waals surface area contributed by atoms with E-state index in [1.807, 2.05) is 13.8 Å². The molecular weight excluding hydrogens is 180 g/mol. The van der Waals surface area contributed by atoms with Gasteiger partial charge in [0.2, 0.25) is 0 Å². The molecule has 0 aliphatic rings. The lowest BCUT2D eigenvalue weighted by Gasteiger charge is -2.08. The van der Waals surface area contributed by atoms with Crippen LogP contribution in [0.25, 0.3) is 0 Å². The van der Waals surface area contributed by atoms with E-state index in [0.29, 0.717) is 6.10 Å². The van der Waals surface area contributed by atoms with Crippen LogP contribution in [0.4, 0.5) is 0 Å². The Labute approximate surface area is 87.4 Å². The molecule has 0 bridgehead atoms. The van der Waals surface area contributed by atoms with Gasteiger partial charge in [-0.2, -0.15) is 0 Å². The summed E-state index contributed by atoms with van der Waals surface area (Å²) in [5, 5.41) is 6.55. The first-order chi connectivity index (χ1) is 6.77. The molecule has 4 nitrogen and oxygen atoms in total. The van der Waals surface area contributed by atoms with Gasteiger partial charge in [0.1, 0.15) is 0 Å². The highest BCUT2D eigenvalue weighted by Gasteiger charge is 1.92. The average Bonchev–Trinajstić information content (AvgIpc) is 2.15. The lowest BCUT2D eigenvalue weighted by Crippen LogP contribution is -2.31. The van der Waals surface area contributed by atoms with E-state index in [1.54, 1.807) is 7.11 Å². The van der Waals surface area contributed by atoms with Crippen LogP contribution in [-0.2, 0) is 9.47 Å². The summed E-state index contributed by atoms with van der Waals surface area (Å²) >= 11 is 0. The maximum absolute atomic E-state index is 5.38. The van der Waals surface area contributed by atoms with Gasteiger partial charge in [-0.1, -0.05) is 0 Å². The number of nitrogens with one attached hydrogen (secondary N) is 2. The monoisotopic (exact) mass is 204 g/mol. The van der Waals surface area contributed by atoms with E-state index in [0.717, 1.165) is 39.4 Å². The predicted octanol–water partition coefficient (Wildman–Crippen LogP) is 0.237. The number of hydrogen-bond acceptors (Lipinski definition) is 4. The third-order valence-corrected chi connectivity index (χ3v) is 1.69.